The van der Waals surface area contributed by atoms with E-state index < -0.39 is 9.84 Å². The van der Waals surface area contributed by atoms with E-state index >= 15 is 0 Å². The summed E-state index contributed by atoms with van der Waals surface area (Å²) in [5, 5.41) is 3.47. The van der Waals surface area contributed by atoms with Crippen molar-refractivity contribution in [2.45, 2.75) is 56.1 Å². The number of rotatable bonds is 5. The van der Waals surface area contributed by atoms with Crippen molar-refractivity contribution in [3.05, 3.63) is 24.3 Å². The number of likely N-dealkylation sites (tertiary alicyclic amines) is 1. The maximum absolute atomic E-state index is 12.2. The molecule has 0 amide bonds. The molecule has 116 valence electrons. The summed E-state index contributed by atoms with van der Waals surface area (Å²) in [6.07, 6.45) is 3.72. The highest BCUT2D eigenvalue weighted by Crippen LogP contribution is 2.34. The third kappa shape index (κ3) is 3.09. The molecule has 1 aliphatic heterocycles. The van der Waals surface area contributed by atoms with Crippen molar-refractivity contribution >= 4 is 15.5 Å². The van der Waals surface area contributed by atoms with Crippen molar-refractivity contribution in [2.75, 3.05) is 17.6 Å². The second-order valence-corrected chi connectivity index (χ2v) is 8.50. The van der Waals surface area contributed by atoms with Crippen LogP contribution in [-0.4, -0.2) is 43.7 Å². The zero-order chi connectivity index (χ0) is 15.0. The van der Waals surface area contributed by atoms with E-state index in [1.54, 1.807) is 19.1 Å². The van der Waals surface area contributed by atoms with Crippen LogP contribution in [0.1, 0.15) is 33.1 Å². The van der Waals surface area contributed by atoms with Gasteiger partial charge in [0.2, 0.25) is 0 Å². The minimum atomic E-state index is -3.18. The lowest BCUT2D eigenvalue weighted by atomic mass is 10.2. The Balaban J connectivity index is 1.77. The van der Waals surface area contributed by atoms with Gasteiger partial charge in [0.25, 0.3) is 0 Å². The second-order valence-electron chi connectivity index (χ2n) is 6.25. The van der Waals surface area contributed by atoms with Crippen molar-refractivity contribution in [3.63, 3.8) is 0 Å². The SMILES string of the molecule is CCS(=O)(=O)c1ccccc1NC1CC(C)N(C2CC2)C1. The van der Waals surface area contributed by atoms with Crippen LogP contribution >= 0.6 is 0 Å². The first-order valence-corrected chi connectivity index (χ1v) is 9.50. The van der Waals surface area contributed by atoms with Crippen LogP contribution < -0.4 is 5.32 Å². The summed E-state index contributed by atoms with van der Waals surface area (Å²) < 4.78 is 24.4. The Kier molecular flexibility index (Phi) is 3.97. The summed E-state index contributed by atoms with van der Waals surface area (Å²) in [6.45, 7) is 4.99. The Hall–Kier alpha value is -1.07. The number of anilines is 1. The van der Waals surface area contributed by atoms with Crippen LogP contribution in [0.15, 0.2) is 29.2 Å². The monoisotopic (exact) mass is 308 g/mol. The van der Waals surface area contributed by atoms with E-state index in [2.05, 4.69) is 17.1 Å². The maximum atomic E-state index is 12.2. The van der Waals surface area contributed by atoms with E-state index in [1.165, 1.54) is 12.8 Å². The minimum absolute atomic E-state index is 0.140. The van der Waals surface area contributed by atoms with Crippen LogP contribution in [0.2, 0.25) is 0 Å². The van der Waals surface area contributed by atoms with Crippen LogP contribution in [-0.2, 0) is 9.84 Å². The van der Waals surface area contributed by atoms with Crippen LogP contribution in [0.25, 0.3) is 0 Å². The lowest BCUT2D eigenvalue weighted by Gasteiger charge is -2.20. The summed E-state index contributed by atoms with van der Waals surface area (Å²) in [5.74, 6) is 0.140. The van der Waals surface area contributed by atoms with Crippen LogP contribution in [0, 0.1) is 0 Å². The standard InChI is InChI=1S/C16H24N2O2S/c1-3-21(19,20)16-7-5-4-6-15(16)17-13-10-12(2)18(11-13)14-8-9-14/h4-7,12-14,17H,3,8-11H2,1-2H3. The molecule has 0 aromatic heterocycles. The van der Waals surface area contributed by atoms with Gasteiger partial charge in [-0.3, -0.25) is 4.90 Å². The molecule has 1 aliphatic carbocycles. The number of nitrogens with one attached hydrogen (secondary N) is 1. The molecule has 0 spiro atoms. The molecule has 2 unspecified atom stereocenters. The lowest BCUT2D eigenvalue weighted by Crippen LogP contribution is -2.31. The van der Waals surface area contributed by atoms with E-state index in [1.807, 2.05) is 12.1 Å². The molecule has 2 atom stereocenters. The molecule has 2 fully saturated rings. The smallest absolute Gasteiger partial charge is 0.180 e. The number of benzene rings is 1. The fourth-order valence-electron chi connectivity index (χ4n) is 3.31. The van der Waals surface area contributed by atoms with Gasteiger partial charge < -0.3 is 5.32 Å². The fourth-order valence-corrected chi connectivity index (χ4v) is 4.37. The van der Waals surface area contributed by atoms with E-state index in [4.69, 9.17) is 0 Å². The third-order valence-electron chi connectivity index (χ3n) is 4.60. The lowest BCUT2D eigenvalue weighted by molar-refractivity contribution is 0.257. The molecule has 1 aromatic carbocycles. The van der Waals surface area contributed by atoms with Gasteiger partial charge in [0, 0.05) is 24.7 Å². The quantitative estimate of drug-likeness (QED) is 0.908. The van der Waals surface area contributed by atoms with E-state index in [0.717, 1.165) is 24.7 Å². The molecule has 0 bridgehead atoms. The van der Waals surface area contributed by atoms with Crippen molar-refractivity contribution < 1.29 is 8.42 Å². The Labute approximate surface area is 127 Å². The summed E-state index contributed by atoms with van der Waals surface area (Å²) in [6, 6.07) is 8.97. The van der Waals surface area contributed by atoms with Gasteiger partial charge in [0.05, 0.1) is 16.3 Å². The van der Waals surface area contributed by atoms with Crippen LogP contribution in [0.3, 0.4) is 0 Å². The van der Waals surface area contributed by atoms with Crippen molar-refractivity contribution in [2.24, 2.45) is 0 Å². The molecule has 1 heterocycles. The molecule has 0 radical (unpaired) electrons. The highest BCUT2D eigenvalue weighted by molar-refractivity contribution is 7.91. The number of para-hydroxylation sites is 1. The van der Waals surface area contributed by atoms with Gasteiger partial charge in [0.15, 0.2) is 9.84 Å². The second kappa shape index (κ2) is 5.61. The zero-order valence-corrected chi connectivity index (χ0v) is 13.6. The first-order chi connectivity index (χ1) is 10.0. The predicted octanol–water partition coefficient (Wildman–Crippen LogP) is 2.52. The molecule has 21 heavy (non-hydrogen) atoms. The molecule has 2 aliphatic rings. The number of hydrogen-bond acceptors (Lipinski definition) is 4. The van der Waals surface area contributed by atoms with Gasteiger partial charge in [-0.25, -0.2) is 8.42 Å². The van der Waals surface area contributed by atoms with Gasteiger partial charge in [-0.1, -0.05) is 19.1 Å². The van der Waals surface area contributed by atoms with Gasteiger partial charge in [-0.2, -0.15) is 0 Å². The van der Waals surface area contributed by atoms with Gasteiger partial charge >= 0.3 is 0 Å². The molecular formula is C16H24N2O2S. The Morgan fingerprint density at radius 1 is 1.29 bits per heavy atom. The molecule has 1 saturated heterocycles. The molecular weight excluding hydrogens is 284 g/mol. The van der Waals surface area contributed by atoms with E-state index in [-0.39, 0.29) is 5.75 Å². The highest BCUT2D eigenvalue weighted by atomic mass is 32.2. The van der Waals surface area contributed by atoms with Crippen LogP contribution in [0.4, 0.5) is 5.69 Å². The van der Waals surface area contributed by atoms with Gasteiger partial charge in [-0.15, -0.1) is 0 Å². The maximum Gasteiger partial charge on any atom is 0.180 e. The van der Waals surface area contributed by atoms with Gasteiger partial charge in [-0.05, 0) is 38.3 Å². The van der Waals surface area contributed by atoms with Gasteiger partial charge in [0.1, 0.15) is 0 Å². The average Bonchev–Trinajstić information content (AvgIpc) is 3.24. The molecule has 1 aromatic rings. The normalized spacial score (nSPS) is 27.0. The summed E-state index contributed by atoms with van der Waals surface area (Å²) >= 11 is 0. The largest absolute Gasteiger partial charge is 0.380 e. The topological polar surface area (TPSA) is 49.4 Å². The zero-order valence-electron chi connectivity index (χ0n) is 12.7. The van der Waals surface area contributed by atoms with E-state index in [0.29, 0.717) is 17.0 Å². The van der Waals surface area contributed by atoms with Crippen molar-refractivity contribution in [1.29, 1.82) is 0 Å². The molecule has 5 heteroatoms. The van der Waals surface area contributed by atoms with Crippen molar-refractivity contribution in [3.8, 4) is 0 Å². The molecule has 4 nitrogen and oxygen atoms in total. The summed E-state index contributed by atoms with van der Waals surface area (Å²) in [4.78, 5) is 3.00. The number of sulfone groups is 1. The summed E-state index contributed by atoms with van der Waals surface area (Å²) in [5.41, 5.74) is 0.759. The molecule has 3 rings (SSSR count). The third-order valence-corrected chi connectivity index (χ3v) is 6.39. The Bertz CT molecular complexity index is 610. The fraction of sp³-hybridized carbons (Fsp3) is 0.625. The van der Waals surface area contributed by atoms with Crippen molar-refractivity contribution in [1.82, 2.24) is 4.90 Å². The van der Waals surface area contributed by atoms with Crippen LogP contribution in [0.5, 0.6) is 0 Å². The first kappa shape index (κ1) is 14.9. The highest BCUT2D eigenvalue weighted by Gasteiger charge is 2.38. The predicted molar refractivity (Wildman–Crippen MR) is 85.4 cm³/mol. The Morgan fingerprint density at radius 2 is 2.00 bits per heavy atom. The minimum Gasteiger partial charge on any atom is -0.380 e. The average molecular weight is 308 g/mol. The number of hydrogen-bond donors (Lipinski definition) is 1. The summed E-state index contributed by atoms with van der Waals surface area (Å²) in [7, 11) is -3.18. The molecule has 1 saturated carbocycles. The Morgan fingerprint density at radius 3 is 2.67 bits per heavy atom. The molecule has 1 N–H and O–H groups in total. The van der Waals surface area contributed by atoms with E-state index in [9.17, 15) is 8.42 Å². The number of nitrogens with zero attached hydrogens (tertiary/aromatic N) is 1. The first-order valence-electron chi connectivity index (χ1n) is 7.85.